The number of unbranched alkanes of at least 4 members (excludes halogenated alkanes) is 1. The molecule has 0 aromatic rings. The maximum atomic E-state index is 13.1. The third kappa shape index (κ3) is 15.5. The zero-order chi connectivity index (χ0) is 59.7. The first-order valence-electron chi connectivity index (χ1n) is 26.2. The Kier molecular flexibility index (Phi) is 25.2. The molecule has 0 bridgehead atoms. The largest absolute Gasteiger partial charge is 0.394 e. The highest BCUT2D eigenvalue weighted by Gasteiger charge is 2.59. The van der Waals surface area contributed by atoms with Crippen LogP contribution in [0.1, 0.15) is 33.6 Å². The second kappa shape index (κ2) is 30.4. The van der Waals surface area contributed by atoms with Crippen LogP contribution in [-0.4, -0.2) is 330 Å². The number of amides is 3. The average molecular weight is 1180 g/mol. The molecule has 6 fully saturated rings. The van der Waals surface area contributed by atoms with Gasteiger partial charge in [-0.05, 0) is 12.8 Å². The number of rotatable bonds is 24. The van der Waals surface area contributed by atoms with Gasteiger partial charge in [0, 0.05) is 20.8 Å². The monoisotopic (exact) mass is 1180 g/mol. The van der Waals surface area contributed by atoms with Crippen molar-refractivity contribution in [1.29, 1.82) is 0 Å². The number of hydrogen-bond acceptors (Lipinski definition) is 31. The molecule has 6 saturated heterocycles. The predicted octanol–water partition coefficient (Wildman–Crippen LogP) is -11.7. The lowest BCUT2D eigenvalue weighted by molar-refractivity contribution is -0.388. The summed E-state index contributed by atoms with van der Waals surface area (Å²) in [6.45, 7) is 0.886. The lowest BCUT2D eigenvalue weighted by atomic mass is 9.92. The number of carbonyl (C=O) groups excluding carboxylic acids is 3. The molecular formula is C47H79N3O31. The number of hydrogen-bond donors (Lipinski definition) is 19. The molecule has 0 radical (unpaired) electrons. The first-order valence-corrected chi connectivity index (χ1v) is 26.2. The van der Waals surface area contributed by atoms with Gasteiger partial charge in [-0.2, -0.15) is 0 Å². The van der Waals surface area contributed by atoms with E-state index in [1.165, 1.54) is 0 Å². The van der Waals surface area contributed by atoms with Crippen LogP contribution in [0.4, 0.5) is 0 Å². The van der Waals surface area contributed by atoms with E-state index in [0.29, 0.717) is 12.8 Å². The van der Waals surface area contributed by atoms with Crippen LogP contribution in [0.2, 0.25) is 0 Å². The van der Waals surface area contributed by atoms with Crippen molar-refractivity contribution < 1.29 is 153 Å². The van der Waals surface area contributed by atoms with E-state index in [1.807, 2.05) is 0 Å². The van der Waals surface area contributed by atoms with Gasteiger partial charge in [-0.3, -0.25) is 14.4 Å². The molecule has 19 N–H and O–H groups in total. The van der Waals surface area contributed by atoms with Crippen LogP contribution in [-0.2, 0) is 71.2 Å². The van der Waals surface area contributed by atoms with Gasteiger partial charge in [0.15, 0.2) is 37.7 Å². The molecular weight excluding hydrogens is 1100 g/mol. The number of nitrogens with one attached hydrogen (secondary N) is 3. The molecule has 468 valence electrons. The van der Waals surface area contributed by atoms with E-state index in [0.717, 1.165) is 20.8 Å². The van der Waals surface area contributed by atoms with Crippen molar-refractivity contribution >= 4 is 17.7 Å². The molecule has 0 aliphatic carbocycles. The van der Waals surface area contributed by atoms with Crippen molar-refractivity contribution in [2.45, 2.75) is 218 Å². The Bertz CT molecular complexity index is 1980. The highest BCUT2D eigenvalue weighted by atomic mass is 16.8. The van der Waals surface area contributed by atoms with Crippen molar-refractivity contribution in [2.75, 3.05) is 46.2 Å². The third-order valence-corrected chi connectivity index (χ3v) is 14.5. The van der Waals surface area contributed by atoms with Gasteiger partial charge in [0.1, 0.15) is 146 Å². The predicted molar refractivity (Wildman–Crippen MR) is 257 cm³/mol. The van der Waals surface area contributed by atoms with E-state index < -0.39 is 241 Å². The quantitative estimate of drug-likeness (QED) is 0.0315. The summed E-state index contributed by atoms with van der Waals surface area (Å²) < 4.78 is 72.5. The fourth-order valence-corrected chi connectivity index (χ4v) is 10.3. The lowest BCUT2D eigenvalue weighted by Crippen LogP contribution is -2.72. The number of carbonyl (C=O) groups is 3. The van der Waals surface area contributed by atoms with E-state index in [4.69, 9.17) is 56.8 Å². The SMILES string of the molecule is C=CCCCO[C@@H]1O[C@H](CO)[C@@H](O[C@@H]2O[C@H](CO)[C@@H](O[C@H]3O[C@H](CO)[C@@H](O[C@@H]4O[C@H](CO)[C@H](O)[C@H](O)[C@H]4O)[C@H](O[C@H]4O[C@H](CO)[C@H](O)[C@H](O)[C@H]4O)[C@H]3NC(C)=O)[C@H](O)[C@@H]2NC(C)=O)[C@H](O[C@H]2O[C@H](CO)[C@H](O)[C@H](O)[C@H]2O)[C@H]1NC(C)=O. The van der Waals surface area contributed by atoms with Crippen molar-refractivity contribution in [3.63, 3.8) is 0 Å². The van der Waals surface area contributed by atoms with E-state index in [-0.39, 0.29) is 6.61 Å². The van der Waals surface area contributed by atoms with Crippen molar-refractivity contribution in [2.24, 2.45) is 0 Å². The first-order chi connectivity index (χ1) is 38.5. The Morgan fingerprint density at radius 2 is 0.679 bits per heavy atom. The molecule has 34 heteroatoms. The average Bonchev–Trinajstić information content (AvgIpc) is 3.52. The molecule has 34 nitrogen and oxygen atoms in total. The highest BCUT2D eigenvalue weighted by Crippen LogP contribution is 2.38. The van der Waals surface area contributed by atoms with Crippen LogP contribution < -0.4 is 16.0 Å². The molecule has 0 saturated carbocycles. The van der Waals surface area contributed by atoms with E-state index in [1.54, 1.807) is 6.08 Å². The first kappa shape index (κ1) is 67.2. The van der Waals surface area contributed by atoms with Crippen LogP contribution in [0.25, 0.3) is 0 Å². The summed E-state index contributed by atoms with van der Waals surface area (Å²) in [6, 6.07) is -5.16. The zero-order valence-corrected chi connectivity index (χ0v) is 44.2. The summed E-state index contributed by atoms with van der Waals surface area (Å²) in [5, 5.41) is 180. The van der Waals surface area contributed by atoms with Crippen LogP contribution in [0, 0.1) is 0 Å². The molecule has 6 heterocycles. The van der Waals surface area contributed by atoms with Gasteiger partial charge in [-0.25, -0.2) is 0 Å². The summed E-state index contributed by atoms with van der Waals surface area (Å²) in [4.78, 5) is 39.1. The minimum atomic E-state index is -2.15. The minimum absolute atomic E-state index is 0.0234. The fraction of sp³-hybridized carbons (Fsp3) is 0.894. The molecule has 0 unspecified atom stereocenters. The van der Waals surface area contributed by atoms with Crippen molar-refractivity contribution in [3.8, 4) is 0 Å². The van der Waals surface area contributed by atoms with Crippen LogP contribution >= 0.6 is 0 Å². The fourth-order valence-electron chi connectivity index (χ4n) is 10.3. The Morgan fingerprint density at radius 3 is 1.05 bits per heavy atom. The van der Waals surface area contributed by atoms with E-state index >= 15 is 0 Å². The van der Waals surface area contributed by atoms with Gasteiger partial charge in [-0.15, -0.1) is 6.58 Å². The summed E-state index contributed by atoms with van der Waals surface area (Å²) in [5.41, 5.74) is 0. The van der Waals surface area contributed by atoms with Gasteiger partial charge in [-0.1, -0.05) is 6.08 Å². The Labute approximate surface area is 462 Å². The Balaban J connectivity index is 1.38. The van der Waals surface area contributed by atoms with Crippen molar-refractivity contribution in [3.05, 3.63) is 12.7 Å². The minimum Gasteiger partial charge on any atom is -0.394 e. The maximum Gasteiger partial charge on any atom is 0.217 e. The van der Waals surface area contributed by atoms with Gasteiger partial charge in [0.25, 0.3) is 0 Å². The lowest BCUT2D eigenvalue weighted by Gasteiger charge is -2.52. The molecule has 30 atom stereocenters. The van der Waals surface area contributed by atoms with Gasteiger partial charge < -0.3 is 154 Å². The van der Waals surface area contributed by atoms with Crippen LogP contribution in [0.3, 0.4) is 0 Å². The molecule has 0 aromatic heterocycles. The molecule has 0 aromatic carbocycles. The van der Waals surface area contributed by atoms with E-state index in [9.17, 15) is 96.1 Å². The smallest absolute Gasteiger partial charge is 0.217 e. The van der Waals surface area contributed by atoms with Crippen LogP contribution in [0.15, 0.2) is 12.7 Å². The molecule has 0 spiro atoms. The number of aliphatic hydroxyl groups is 16. The number of aliphatic hydroxyl groups excluding tert-OH is 16. The Morgan fingerprint density at radius 1 is 0.383 bits per heavy atom. The maximum absolute atomic E-state index is 13.1. The summed E-state index contributed by atoms with van der Waals surface area (Å²) in [5.74, 6) is -2.47. The molecule has 6 aliphatic rings. The standard InChI is InChI=1S/C47H79N3O31/c1-5-6-7-8-70-42-25(49-16(3)58)40(80-46-35(68)32(65)28(61)19(10-52)72-46)38(22(13-55)74-42)78-43-24(48-15(2)57)30(63)37(21(12-54)75-43)77-44-26(50-17(4)59)41(81-47-36(69)33(66)29(62)20(11-53)73-47)39(23(14-56)76-44)79-45-34(67)31(64)27(60)18(9-51)71-45/h5,18-47,51-56,60-69H,1,6-14H2,2-4H3,(H,48,57)(H,49,58)(H,50,59)/t18-,19-,20-,21-,22-,23-,24+,25-,26-,27+,28+,29+,30-,31+,32+,33+,34-,35-,36-,37-,38-,39-,40-,41-,42-,43+,44-,45+,46-,47-/m1/s1. The van der Waals surface area contributed by atoms with Gasteiger partial charge >= 0.3 is 0 Å². The number of allylic oxidation sites excluding steroid dienone is 1. The van der Waals surface area contributed by atoms with Crippen molar-refractivity contribution in [1.82, 2.24) is 16.0 Å². The second-order valence-electron chi connectivity index (χ2n) is 20.2. The van der Waals surface area contributed by atoms with E-state index in [2.05, 4.69) is 22.5 Å². The molecule has 81 heavy (non-hydrogen) atoms. The molecule has 3 amide bonds. The normalized spacial score (nSPS) is 45.9. The van der Waals surface area contributed by atoms with Crippen LogP contribution in [0.5, 0.6) is 0 Å². The topological polar surface area (TPSA) is 522 Å². The molecule has 6 aliphatic heterocycles. The molecule has 6 rings (SSSR count). The summed E-state index contributed by atoms with van der Waals surface area (Å²) in [7, 11) is 0. The zero-order valence-electron chi connectivity index (χ0n) is 44.2. The van der Waals surface area contributed by atoms with Gasteiger partial charge in [0.2, 0.25) is 17.7 Å². The van der Waals surface area contributed by atoms with Gasteiger partial charge in [0.05, 0.1) is 46.2 Å². The third-order valence-electron chi connectivity index (χ3n) is 14.5. The second-order valence-corrected chi connectivity index (χ2v) is 20.2. The highest BCUT2D eigenvalue weighted by molar-refractivity contribution is 5.74. The number of ether oxygens (including phenoxy) is 12. The summed E-state index contributed by atoms with van der Waals surface area (Å²) in [6.07, 6.45) is -48.3. The Hall–Kier alpha value is -2.97. The summed E-state index contributed by atoms with van der Waals surface area (Å²) >= 11 is 0.